The molecule has 0 aliphatic carbocycles. The third-order valence-corrected chi connectivity index (χ3v) is 2.44. The molecule has 1 saturated heterocycles. The normalized spacial score (nSPS) is 35.8. The molecule has 1 fully saturated rings. The van der Waals surface area contributed by atoms with Gasteiger partial charge in [-0.05, 0) is 33.4 Å². The Morgan fingerprint density at radius 3 is 2.80 bits per heavy atom. The van der Waals surface area contributed by atoms with E-state index in [1.165, 1.54) is 0 Å². The molecule has 0 aromatic heterocycles. The van der Waals surface area contributed by atoms with Crippen molar-refractivity contribution in [1.29, 1.82) is 0 Å². The van der Waals surface area contributed by atoms with E-state index in [1.807, 2.05) is 0 Å². The van der Waals surface area contributed by atoms with E-state index in [0.29, 0.717) is 12.0 Å². The van der Waals surface area contributed by atoms with Crippen molar-refractivity contribution in [3.63, 3.8) is 0 Å². The summed E-state index contributed by atoms with van der Waals surface area (Å²) in [5.74, 6) is 0.325. The predicted molar refractivity (Wildman–Crippen MR) is 40.9 cm³/mol. The van der Waals surface area contributed by atoms with Gasteiger partial charge in [0, 0.05) is 12.0 Å². The van der Waals surface area contributed by atoms with E-state index in [2.05, 4.69) is 18.9 Å². The second-order valence-electron chi connectivity index (χ2n) is 3.25. The number of nitrogens with zero attached hydrogens (tertiary/aromatic N) is 1. The third kappa shape index (κ3) is 1.57. The van der Waals surface area contributed by atoms with Crippen LogP contribution in [0.4, 0.5) is 0 Å². The Balaban J connectivity index is 2.40. The monoisotopic (exact) mass is 141 g/mol. The highest BCUT2D eigenvalue weighted by molar-refractivity contribution is 5.53. The molecule has 0 unspecified atom stereocenters. The van der Waals surface area contributed by atoms with Gasteiger partial charge in [0.25, 0.3) is 0 Å². The molecule has 0 aromatic carbocycles. The van der Waals surface area contributed by atoms with Gasteiger partial charge in [-0.25, -0.2) is 0 Å². The molecule has 0 saturated carbocycles. The van der Waals surface area contributed by atoms with Crippen molar-refractivity contribution in [3.8, 4) is 0 Å². The van der Waals surface area contributed by atoms with Crippen molar-refractivity contribution in [2.75, 3.05) is 13.6 Å². The van der Waals surface area contributed by atoms with Gasteiger partial charge in [0.05, 0.1) is 0 Å². The molecule has 0 aromatic rings. The SMILES string of the molecule is C[C@H]1C[C@@H](C=O)CCN1C. The summed E-state index contributed by atoms with van der Waals surface area (Å²) in [6.07, 6.45) is 3.19. The number of piperidine rings is 1. The lowest BCUT2D eigenvalue weighted by molar-refractivity contribution is -0.112. The summed E-state index contributed by atoms with van der Waals surface area (Å²) in [7, 11) is 2.12. The topological polar surface area (TPSA) is 20.3 Å². The van der Waals surface area contributed by atoms with Crippen LogP contribution in [0, 0.1) is 5.92 Å². The molecule has 1 rings (SSSR count). The Morgan fingerprint density at radius 2 is 2.30 bits per heavy atom. The van der Waals surface area contributed by atoms with Crippen LogP contribution < -0.4 is 0 Å². The number of carbonyl (C=O) groups is 1. The number of rotatable bonds is 1. The number of hydrogen-bond donors (Lipinski definition) is 0. The van der Waals surface area contributed by atoms with E-state index >= 15 is 0 Å². The maximum Gasteiger partial charge on any atom is 0.123 e. The number of aldehydes is 1. The molecule has 1 aliphatic rings. The Kier molecular flexibility index (Phi) is 2.44. The van der Waals surface area contributed by atoms with Crippen LogP contribution >= 0.6 is 0 Å². The van der Waals surface area contributed by atoms with Crippen LogP contribution in [0.3, 0.4) is 0 Å². The van der Waals surface area contributed by atoms with Crippen LogP contribution in [0.2, 0.25) is 0 Å². The van der Waals surface area contributed by atoms with Crippen LogP contribution in [-0.4, -0.2) is 30.8 Å². The van der Waals surface area contributed by atoms with Gasteiger partial charge in [-0.3, -0.25) is 0 Å². The number of carbonyl (C=O) groups excluding carboxylic acids is 1. The highest BCUT2D eigenvalue weighted by Crippen LogP contribution is 2.18. The average Bonchev–Trinajstić information content (AvgIpc) is 1.95. The lowest BCUT2D eigenvalue weighted by Crippen LogP contribution is -2.38. The summed E-state index contributed by atoms with van der Waals surface area (Å²) in [5, 5.41) is 0. The van der Waals surface area contributed by atoms with Gasteiger partial charge in [-0.1, -0.05) is 0 Å². The molecule has 2 atom stereocenters. The van der Waals surface area contributed by atoms with Gasteiger partial charge in [0.15, 0.2) is 0 Å². The van der Waals surface area contributed by atoms with E-state index in [0.717, 1.165) is 25.7 Å². The summed E-state index contributed by atoms with van der Waals surface area (Å²) in [6, 6.07) is 0.587. The van der Waals surface area contributed by atoms with Crippen LogP contribution in [0.15, 0.2) is 0 Å². The highest BCUT2D eigenvalue weighted by Gasteiger charge is 2.21. The first-order valence-corrected chi connectivity index (χ1v) is 3.89. The van der Waals surface area contributed by atoms with Gasteiger partial charge in [-0.15, -0.1) is 0 Å². The fourth-order valence-electron chi connectivity index (χ4n) is 1.45. The van der Waals surface area contributed by atoms with E-state index < -0.39 is 0 Å². The largest absolute Gasteiger partial charge is 0.304 e. The molecule has 0 spiro atoms. The summed E-state index contributed by atoms with van der Waals surface area (Å²) in [4.78, 5) is 12.7. The minimum Gasteiger partial charge on any atom is -0.304 e. The highest BCUT2D eigenvalue weighted by atomic mass is 16.1. The summed E-state index contributed by atoms with van der Waals surface area (Å²) < 4.78 is 0. The fraction of sp³-hybridized carbons (Fsp3) is 0.875. The molecular weight excluding hydrogens is 126 g/mol. The van der Waals surface area contributed by atoms with Crippen molar-refractivity contribution < 1.29 is 4.79 Å². The first-order valence-electron chi connectivity index (χ1n) is 3.89. The van der Waals surface area contributed by atoms with Crippen LogP contribution in [0.1, 0.15) is 19.8 Å². The van der Waals surface area contributed by atoms with E-state index in [9.17, 15) is 4.79 Å². The zero-order valence-electron chi connectivity index (χ0n) is 6.71. The van der Waals surface area contributed by atoms with Gasteiger partial charge in [0.1, 0.15) is 6.29 Å². The van der Waals surface area contributed by atoms with Crippen LogP contribution in [-0.2, 0) is 4.79 Å². The zero-order valence-corrected chi connectivity index (χ0v) is 6.71. The lowest BCUT2D eigenvalue weighted by Gasteiger charge is -2.32. The summed E-state index contributed by atoms with van der Waals surface area (Å²) in [6.45, 7) is 3.25. The maximum atomic E-state index is 10.4. The molecule has 2 heteroatoms. The van der Waals surface area contributed by atoms with E-state index in [1.54, 1.807) is 0 Å². The standard InChI is InChI=1S/C8H15NO/c1-7-5-8(6-10)3-4-9(7)2/h6-8H,3-5H2,1-2H3/t7-,8-/m0/s1. The van der Waals surface area contributed by atoms with Crippen molar-refractivity contribution in [1.82, 2.24) is 4.90 Å². The second-order valence-corrected chi connectivity index (χ2v) is 3.25. The van der Waals surface area contributed by atoms with Crippen molar-refractivity contribution in [2.24, 2.45) is 5.92 Å². The van der Waals surface area contributed by atoms with Crippen LogP contribution in [0.5, 0.6) is 0 Å². The predicted octanol–water partition coefficient (Wildman–Crippen LogP) is 0.916. The van der Waals surface area contributed by atoms with Crippen LogP contribution in [0.25, 0.3) is 0 Å². The van der Waals surface area contributed by atoms with E-state index in [4.69, 9.17) is 0 Å². The van der Waals surface area contributed by atoms with Gasteiger partial charge in [-0.2, -0.15) is 0 Å². The van der Waals surface area contributed by atoms with Crippen molar-refractivity contribution >= 4 is 6.29 Å². The summed E-state index contributed by atoms with van der Waals surface area (Å²) in [5.41, 5.74) is 0. The minimum absolute atomic E-state index is 0.325. The Morgan fingerprint density at radius 1 is 1.60 bits per heavy atom. The van der Waals surface area contributed by atoms with Crippen molar-refractivity contribution in [3.05, 3.63) is 0 Å². The molecule has 10 heavy (non-hydrogen) atoms. The average molecular weight is 141 g/mol. The Labute approximate surface area is 62.2 Å². The quantitative estimate of drug-likeness (QED) is 0.506. The molecule has 58 valence electrons. The van der Waals surface area contributed by atoms with Gasteiger partial charge in [0.2, 0.25) is 0 Å². The number of hydrogen-bond acceptors (Lipinski definition) is 2. The minimum atomic E-state index is 0.325. The molecular formula is C8H15NO. The van der Waals surface area contributed by atoms with E-state index in [-0.39, 0.29) is 0 Å². The first-order chi connectivity index (χ1) is 4.74. The van der Waals surface area contributed by atoms with Crippen molar-refractivity contribution in [2.45, 2.75) is 25.8 Å². The fourth-order valence-corrected chi connectivity index (χ4v) is 1.45. The molecule has 0 bridgehead atoms. The first kappa shape index (κ1) is 7.73. The smallest absolute Gasteiger partial charge is 0.123 e. The second kappa shape index (κ2) is 3.15. The summed E-state index contributed by atoms with van der Waals surface area (Å²) >= 11 is 0. The van der Waals surface area contributed by atoms with Gasteiger partial charge < -0.3 is 9.69 Å². The molecule has 2 nitrogen and oxygen atoms in total. The molecule has 1 heterocycles. The van der Waals surface area contributed by atoms with Gasteiger partial charge >= 0.3 is 0 Å². The zero-order chi connectivity index (χ0) is 7.56. The number of likely N-dealkylation sites (tertiary alicyclic amines) is 1. The Hall–Kier alpha value is -0.370. The lowest BCUT2D eigenvalue weighted by atomic mass is 9.93. The third-order valence-electron chi connectivity index (χ3n) is 2.44. The maximum absolute atomic E-state index is 10.4. The molecule has 0 radical (unpaired) electrons. The molecule has 0 N–H and O–H groups in total. The molecule has 1 aliphatic heterocycles. The Bertz CT molecular complexity index is 124. The molecule has 0 amide bonds.